The highest BCUT2D eigenvalue weighted by atomic mass is 16.6. The Morgan fingerprint density at radius 2 is 1.86 bits per heavy atom. The van der Waals surface area contributed by atoms with Crippen molar-refractivity contribution in [3.05, 3.63) is 57.9 Å². The molecule has 0 aliphatic heterocycles. The van der Waals surface area contributed by atoms with Gasteiger partial charge in [0.05, 0.1) is 37.4 Å². The van der Waals surface area contributed by atoms with Crippen molar-refractivity contribution < 1.29 is 19.1 Å². The Kier molecular flexibility index (Phi) is 5.93. The predicted molar refractivity (Wildman–Crippen MR) is 105 cm³/mol. The largest absolute Gasteiger partial charge is 0.496 e. The Balaban J connectivity index is 1.94. The summed E-state index contributed by atoms with van der Waals surface area (Å²) in [7, 11) is 3.02. The highest BCUT2D eigenvalue weighted by molar-refractivity contribution is 5.67. The van der Waals surface area contributed by atoms with Crippen molar-refractivity contribution in [3.63, 3.8) is 0 Å². The van der Waals surface area contributed by atoms with E-state index in [0.29, 0.717) is 35.2 Å². The van der Waals surface area contributed by atoms with E-state index in [9.17, 15) is 10.1 Å². The van der Waals surface area contributed by atoms with Crippen molar-refractivity contribution in [1.29, 1.82) is 0 Å². The minimum absolute atomic E-state index is 0.0901. The second-order valence-electron chi connectivity index (χ2n) is 6.01. The van der Waals surface area contributed by atoms with Gasteiger partial charge in [0.1, 0.15) is 11.6 Å². The second-order valence-corrected chi connectivity index (χ2v) is 6.01. The predicted octanol–water partition coefficient (Wildman–Crippen LogP) is 2.84. The van der Waals surface area contributed by atoms with Crippen molar-refractivity contribution in [2.45, 2.75) is 13.0 Å². The van der Waals surface area contributed by atoms with Crippen LogP contribution in [0.5, 0.6) is 17.2 Å². The topological polar surface area (TPSA) is 138 Å². The number of aromatic amines is 1. The summed E-state index contributed by atoms with van der Waals surface area (Å²) in [6.45, 7) is 2.40. The number of nitrogens with one attached hydrogen (secondary N) is 1. The molecule has 152 valence electrons. The minimum atomic E-state index is -0.620. The van der Waals surface area contributed by atoms with Crippen LogP contribution in [0.1, 0.15) is 24.4 Å². The minimum Gasteiger partial charge on any atom is -0.496 e. The highest BCUT2D eigenvalue weighted by Gasteiger charge is 2.20. The number of benzene rings is 2. The van der Waals surface area contributed by atoms with Crippen LogP contribution in [-0.2, 0) is 0 Å². The quantitative estimate of drug-likeness (QED) is 0.435. The van der Waals surface area contributed by atoms with Gasteiger partial charge >= 0.3 is 0 Å². The Hall–Kier alpha value is -3.66. The SMILES string of the molecule is CCOc1ccc(C(N)c2nc(-c3cc([N+](=O)[O-])ccc3OC)n[nH]2)cc1OC. The smallest absolute Gasteiger partial charge is 0.270 e. The van der Waals surface area contributed by atoms with Crippen LogP contribution in [0, 0.1) is 10.1 Å². The van der Waals surface area contributed by atoms with Gasteiger partial charge < -0.3 is 19.9 Å². The van der Waals surface area contributed by atoms with Gasteiger partial charge in [-0.25, -0.2) is 4.98 Å². The lowest BCUT2D eigenvalue weighted by Gasteiger charge is -2.13. The molecule has 3 rings (SSSR count). The van der Waals surface area contributed by atoms with Crippen molar-refractivity contribution in [3.8, 4) is 28.6 Å². The molecule has 29 heavy (non-hydrogen) atoms. The lowest BCUT2D eigenvalue weighted by Crippen LogP contribution is -2.14. The van der Waals surface area contributed by atoms with Crippen LogP contribution in [0.2, 0.25) is 0 Å². The maximum Gasteiger partial charge on any atom is 0.270 e. The summed E-state index contributed by atoms with van der Waals surface area (Å²) < 4.78 is 16.2. The molecule has 2 aromatic carbocycles. The second kappa shape index (κ2) is 8.57. The van der Waals surface area contributed by atoms with Crippen LogP contribution >= 0.6 is 0 Å². The molecule has 0 saturated carbocycles. The molecule has 1 atom stereocenters. The molecular formula is C19H21N5O5. The molecule has 10 nitrogen and oxygen atoms in total. The van der Waals surface area contributed by atoms with E-state index in [-0.39, 0.29) is 11.5 Å². The van der Waals surface area contributed by atoms with E-state index in [2.05, 4.69) is 15.2 Å². The van der Waals surface area contributed by atoms with Crippen LogP contribution in [0.3, 0.4) is 0 Å². The Bertz CT molecular complexity index is 1020. The molecular weight excluding hydrogens is 378 g/mol. The summed E-state index contributed by atoms with van der Waals surface area (Å²) in [5.74, 6) is 2.22. The van der Waals surface area contributed by atoms with Gasteiger partial charge in [0, 0.05) is 12.1 Å². The Morgan fingerprint density at radius 1 is 1.14 bits per heavy atom. The molecule has 3 N–H and O–H groups in total. The van der Waals surface area contributed by atoms with E-state index >= 15 is 0 Å². The molecule has 0 radical (unpaired) electrons. The lowest BCUT2D eigenvalue weighted by molar-refractivity contribution is -0.384. The summed E-state index contributed by atoms with van der Waals surface area (Å²) in [6.07, 6.45) is 0. The first-order valence-corrected chi connectivity index (χ1v) is 8.79. The number of hydrogen-bond donors (Lipinski definition) is 2. The summed E-state index contributed by atoms with van der Waals surface area (Å²) in [4.78, 5) is 15.0. The van der Waals surface area contributed by atoms with E-state index in [1.165, 1.54) is 25.3 Å². The number of H-pyrrole nitrogens is 1. The van der Waals surface area contributed by atoms with Gasteiger partial charge in [-0.1, -0.05) is 6.07 Å². The number of nitrogens with two attached hydrogens (primary N) is 1. The van der Waals surface area contributed by atoms with E-state index < -0.39 is 11.0 Å². The van der Waals surface area contributed by atoms with Gasteiger partial charge in [0.15, 0.2) is 17.3 Å². The molecule has 0 saturated heterocycles. The maximum atomic E-state index is 11.1. The summed E-state index contributed by atoms with van der Waals surface area (Å²) in [5.41, 5.74) is 7.37. The molecule has 0 spiro atoms. The van der Waals surface area contributed by atoms with Gasteiger partial charge in [-0.15, -0.1) is 0 Å². The van der Waals surface area contributed by atoms with Crippen LogP contribution in [0.25, 0.3) is 11.4 Å². The third-order valence-corrected chi connectivity index (χ3v) is 4.28. The highest BCUT2D eigenvalue weighted by Crippen LogP contribution is 2.33. The van der Waals surface area contributed by atoms with Gasteiger partial charge in [0.2, 0.25) is 0 Å². The number of rotatable bonds is 8. The first-order chi connectivity index (χ1) is 14.0. The molecule has 3 aromatic rings. The molecule has 0 fully saturated rings. The lowest BCUT2D eigenvalue weighted by atomic mass is 10.1. The fourth-order valence-electron chi connectivity index (χ4n) is 2.83. The number of aromatic nitrogens is 3. The molecule has 0 bridgehead atoms. The zero-order chi connectivity index (χ0) is 21.0. The van der Waals surface area contributed by atoms with Gasteiger partial charge in [-0.3, -0.25) is 15.2 Å². The van der Waals surface area contributed by atoms with E-state index in [1.807, 2.05) is 13.0 Å². The molecule has 0 aliphatic rings. The number of nitrogens with zero attached hydrogens (tertiary/aromatic N) is 3. The number of methoxy groups -OCH3 is 2. The number of nitro benzene ring substituents is 1. The van der Waals surface area contributed by atoms with Crippen molar-refractivity contribution in [2.75, 3.05) is 20.8 Å². The third-order valence-electron chi connectivity index (χ3n) is 4.28. The zero-order valence-corrected chi connectivity index (χ0v) is 16.2. The Labute approximate surface area is 166 Å². The van der Waals surface area contributed by atoms with Gasteiger partial charge in [-0.2, -0.15) is 5.10 Å². The van der Waals surface area contributed by atoms with E-state index in [1.54, 1.807) is 19.2 Å². The summed E-state index contributed by atoms with van der Waals surface area (Å²) >= 11 is 0. The fraction of sp³-hybridized carbons (Fsp3) is 0.263. The number of hydrogen-bond acceptors (Lipinski definition) is 8. The third kappa shape index (κ3) is 4.11. The molecule has 0 amide bonds. The van der Waals surface area contributed by atoms with Crippen LogP contribution < -0.4 is 19.9 Å². The first-order valence-electron chi connectivity index (χ1n) is 8.79. The Morgan fingerprint density at radius 3 is 2.52 bits per heavy atom. The average molecular weight is 399 g/mol. The maximum absolute atomic E-state index is 11.1. The fourth-order valence-corrected chi connectivity index (χ4v) is 2.83. The number of non-ortho nitro benzene ring substituents is 1. The first kappa shape index (κ1) is 20.1. The standard InChI is InChI=1S/C19H21N5O5/c1-4-29-15-7-5-11(9-16(15)28-3)17(20)19-21-18(22-23-19)13-10-12(24(25)26)6-8-14(13)27-2/h5-10,17H,4,20H2,1-3H3,(H,21,22,23). The molecule has 1 aromatic heterocycles. The van der Waals surface area contributed by atoms with Gasteiger partial charge in [-0.05, 0) is 30.7 Å². The normalized spacial score (nSPS) is 11.7. The molecule has 1 heterocycles. The monoisotopic (exact) mass is 399 g/mol. The molecule has 0 aliphatic carbocycles. The summed E-state index contributed by atoms with van der Waals surface area (Å²) in [6, 6.07) is 8.95. The van der Waals surface area contributed by atoms with Crippen molar-refractivity contribution >= 4 is 5.69 Å². The summed E-state index contributed by atoms with van der Waals surface area (Å²) in [5, 5.41) is 18.0. The average Bonchev–Trinajstić information content (AvgIpc) is 3.23. The van der Waals surface area contributed by atoms with Crippen molar-refractivity contribution in [1.82, 2.24) is 15.2 Å². The van der Waals surface area contributed by atoms with Crippen molar-refractivity contribution in [2.24, 2.45) is 5.73 Å². The molecule has 1 unspecified atom stereocenters. The van der Waals surface area contributed by atoms with Crippen LogP contribution in [-0.4, -0.2) is 40.9 Å². The molecule has 10 heteroatoms. The number of ether oxygens (including phenoxy) is 3. The van der Waals surface area contributed by atoms with E-state index in [4.69, 9.17) is 19.9 Å². The van der Waals surface area contributed by atoms with Crippen LogP contribution in [0.4, 0.5) is 5.69 Å². The van der Waals surface area contributed by atoms with E-state index in [0.717, 1.165) is 5.56 Å². The van der Waals surface area contributed by atoms with Crippen LogP contribution in [0.15, 0.2) is 36.4 Å². The number of nitro groups is 1. The zero-order valence-electron chi connectivity index (χ0n) is 16.2. The van der Waals surface area contributed by atoms with Gasteiger partial charge in [0.25, 0.3) is 5.69 Å².